The van der Waals surface area contributed by atoms with Crippen LogP contribution in [0.25, 0.3) is 44.0 Å². The fraction of sp³-hybridized carbons (Fsp3) is 0.100. The van der Waals surface area contributed by atoms with E-state index in [1.165, 1.54) is 6.07 Å². The first-order chi connectivity index (χ1) is 13.1. The Balaban J connectivity index is 1.86. The minimum atomic E-state index is -0.151. The third-order valence-electron chi connectivity index (χ3n) is 4.72. The van der Waals surface area contributed by atoms with Gasteiger partial charge in [0.25, 0.3) is 0 Å². The van der Waals surface area contributed by atoms with Crippen molar-refractivity contribution in [2.24, 2.45) is 0 Å². The standard InChI is InChI=1S/C20H15N5OS/c1-10-7-14(23-11(10)2)18-17(12-3-4-13-16(8-12)27-9-22-13)24-19-15(26)5-6-21-20(19)25-18/h3-9,23H,1-2H3,(H,21,25,26). The van der Waals surface area contributed by atoms with E-state index >= 15 is 0 Å². The van der Waals surface area contributed by atoms with Gasteiger partial charge in [-0.15, -0.1) is 11.3 Å². The Kier molecular flexibility index (Phi) is 3.45. The van der Waals surface area contributed by atoms with E-state index in [0.717, 1.165) is 32.7 Å². The van der Waals surface area contributed by atoms with Crippen molar-refractivity contribution in [1.29, 1.82) is 0 Å². The molecule has 0 saturated heterocycles. The largest absolute Gasteiger partial charge is 0.357 e. The summed E-state index contributed by atoms with van der Waals surface area (Å²) >= 11 is 1.58. The monoisotopic (exact) mass is 373 g/mol. The molecule has 7 heteroatoms. The van der Waals surface area contributed by atoms with E-state index in [-0.39, 0.29) is 5.43 Å². The van der Waals surface area contributed by atoms with Crippen LogP contribution in [0.5, 0.6) is 0 Å². The molecule has 0 amide bonds. The lowest BCUT2D eigenvalue weighted by Crippen LogP contribution is -2.06. The highest BCUT2D eigenvalue weighted by atomic mass is 32.1. The molecule has 27 heavy (non-hydrogen) atoms. The van der Waals surface area contributed by atoms with E-state index in [1.807, 2.05) is 30.6 Å². The van der Waals surface area contributed by atoms with Crippen molar-refractivity contribution in [3.05, 3.63) is 63.5 Å². The van der Waals surface area contributed by atoms with E-state index in [2.05, 4.69) is 27.9 Å². The van der Waals surface area contributed by atoms with Crippen molar-refractivity contribution in [2.45, 2.75) is 13.8 Å². The van der Waals surface area contributed by atoms with E-state index in [0.29, 0.717) is 22.6 Å². The summed E-state index contributed by atoms with van der Waals surface area (Å²) in [5, 5.41) is 0. The fourth-order valence-electron chi connectivity index (χ4n) is 3.16. The maximum absolute atomic E-state index is 12.3. The predicted octanol–water partition coefficient (Wildman–Crippen LogP) is 4.21. The number of pyridine rings is 1. The molecular formula is C20H15N5OS. The molecule has 1 aromatic carbocycles. The molecule has 0 radical (unpaired) electrons. The van der Waals surface area contributed by atoms with Gasteiger partial charge in [0.1, 0.15) is 5.69 Å². The van der Waals surface area contributed by atoms with Gasteiger partial charge in [0.2, 0.25) is 5.43 Å². The Morgan fingerprint density at radius 3 is 2.74 bits per heavy atom. The normalized spacial score (nSPS) is 11.5. The third-order valence-corrected chi connectivity index (χ3v) is 5.51. The first-order valence-electron chi connectivity index (χ1n) is 8.50. The van der Waals surface area contributed by atoms with Crippen LogP contribution < -0.4 is 5.43 Å². The number of rotatable bonds is 2. The average molecular weight is 373 g/mol. The second-order valence-corrected chi connectivity index (χ2v) is 7.37. The van der Waals surface area contributed by atoms with Crippen LogP contribution in [0.4, 0.5) is 0 Å². The molecule has 0 aliphatic heterocycles. The number of hydrogen-bond acceptors (Lipinski definition) is 5. The van der Waals surface area contributed by atoms with Gasteiger partial charge in [0.05, 0.1) is 27.1 Å². The Bertz CT molecular complexity index is 1360. The smallest absolute Gasteiger partial charge is 0.209 e. The molecule has 0 bridgehead atoms. The van der Waals surface area contributed by atoms with Crippen LogP contribution in [-0.2, 0) is 0 Å². The molecule has 0 aliphatic carbocycles. The molecule has 0 atom stereocenters. The number of nitrogens with one attached hydrogen (secondary N) is 2. The Morgan fingerprint density at radius 1 is 1.04 bits per heavy atom. The van der Waals surface area contributed by atoms with Gasteiger partial charge in [-0.3, -0.25) is 4.79 Å². The summed E-state index contributed by atoms with van der Waals surface area (Å²) in [5.41, 5.74) is 8.84. The second kappa shape index (κ2) is 5.85. The highest BCUT2D eigenvalue weighted by Gasteiger charge is 2.17. The molecule has 132 valence electrons. The molecule has 2 N–H and O–H groups in total. The fourth-order valence-corrected chi connectivity index (χ4v) is 3.88. The van der Waals surface area contributed by atoms with Crippen LogP contribution in [0.1, 0.15) is 11.3 Å². The van der Waals surface area contributed by atoms with Crippen LogP contribution in [-0.4, -0.2) is 24.9 Å². The average Bonchev–Trinajstić information content (AvgIpc) is 3.27. The SMILES string of the molecule is Cc1cc(-c2nc3[nH]ccc(=O)c3nc2-c2ccc3ncsc3c2)[nH]c1C. The van der Waals surface area contributed by atoms with Crippen LogP contribution in [0.15, 0.2) is 46.8 Å². The van der Waals surface area contributed by atoms with Crippen molar-refractivity contribution in [1.82, 2.24) is 24.9 Å². The summed E-state index contributed by atoms with van der Waals surface area (Å²) in [5.74, 6) is 0. The van der Waals surface area contributed by atoms with E-state index in [9.17, 15) is 4.79 Å². The van der Waals surface area contributed by atoms with Crippen LogP contribution in [0.2, 0.25) is 0 Å². The number of benzene rings is 1. The molecule has 0 spiro atoms. The summed E-state index contributed by atoms with van der Waals surface area (Å²) < 4.78 is 1.07. The van der Waals surface area contributed by atoms with Gasteiger partial charge in [0, 0.05) is 23.5 Å². The summed E-state index contributed by atoms with van der Waals surface area (Å²) in [4.78, 5) is 32.5. The summed E-state index contributed by atoms with van der Waals surface area (Å²) in [6, 6.07) is 9.52. The van der Waals surface area contributed by atoms with E-state index in [1.54, 1.807) is 17.5 Å². The molecular weight excluding hydrogens is 358 g/mol. The predicted molar refractivity (Wildman–Crippen MR) is 108 cm³/mol. The van der Waals surface area contributed by atoms with Gasteiger partial charge < -0.3 is 9.97 Å². The van der Waals surface area contributed by atoms with Crippen molar-refractivity contribution >= 4 is 32.7 Å². The summed E-state index contributed by atoms with van der Waals surface area (Å²) in [6.07, 6.45) is 1.59. The molecule has 0 saturated carbocycles. The zero-order chi connectivity index (χ0) is 18.5. The maximum atomic E-state index is 12.3. The number of aromatic nitrogens is 5. The molecule has 0 unspecified atom stereocenters. The first-order valence-corrected chi connectivity index (χ1v) is 9.38. The van der Waals surface area contributed by atoms with E-state index in [4.69, 9.17) is 9.97 Å². The minimum Gasteiger partial charge on any atom is -0.357 e. The Morgan fingerprint density at radius 2 is 1.93 bits per heavy atom. The number of hydrogen-bond donors (Lipinski definition) is 2. The van der Waals surface area contributed by atoms with Crippen LogP contribution >= 0.6 is 11.3 Å². The summed E-state index contributed by atoms with van der Waals surface area (Å²) in [6.45, 7) is 4.08. The van der Waals surface area contributed by atoms with Crippen molar-refractivity contribution in [3.8, 4) is 22.6 Å². The number of aryl methyl sites for hydroxylation is 2. The lowest BCUT2D eigenvalue weighted by Gasteiger charge is -2.09. The lowest BCUT2D eigenvalue weighted by atomic mass is 10.1. The van der Waals surface area contributed by atoms with Crippen molar-refractivity contribution < 1.29 is 0 Å². The minimum absolute atomic E-state index is 0.151. The topological polar surface area (TPSA) is 87.3 Å². The number of thiazole rings is 1. The van der Waals surface area contributed by atoms with Gasteiger partial charge in [-0.25, -0.2) is 15.0 Å². The second-order valence-electron chi connectivity index (χ2n) is 6.49. The van der Waals surface area contributed by atoms with Gasteiger partial charge >= 0.3 is 0 Å². The zero-order valence-corrected chi connectivity index (χ0v) is 15.5. The van der Waals surface area contributed by atoms with Gasteiger partial charge in [0.15, 0.2) is 11.2 Å². The highest BCUT2D eigenvalue weighted by Crippen LogP contribution is 2.32. The number of aromatic amines is 2. The number of nitrogens with zero attached hydrogens (tertiary/aromatic N) is 3. The molecule has 0 aliphatic rings. The molecule has 5 rings (SSSR count). The van der Waals surface area contributed by atoms with Gasteiger partial charge in [-0.1, -0.05) is 6.07 Å². The lowest BCUT2D eigenvalue weighted by molar-refractivity contribution is 1.18. The zero-order valence-electron chi connectivity index (χ0n) is 14.7. The highest BCUT2D eigenvalue weighted by molar-refractivity contribution is 7.16. The summed E-state index contributed by atoms with van der Waals surface area (Å²) in [7, 11) is 0. The first kappa shape index (κ1) is 15.9. The maximum Gasteiger partial charge on any atom is 0.209 e. The number of H-pyrrole nitrogens is 2. The number of fused-ring (bicyclic) bond motifs is 2. The van der Waals surface area contributed by atoms with Crippen LogP contribution in [0.3, 0.4) is 0 Å². The van der Waals surface area contributed by atoms with E-state index < -0.39 is 0 Å². The van der Waals surface area contributed by atoms with Gasteiger partial charge in [-0.2, -0.15) is 0 Å². The molecule has 0 fully saturated rings. The molecule has 6 nitrogen and oxygen atoms in total. The van der Waals surface area contributed by atoms with Crippen molar-refractivity contribution in [2.75, 3.05) is 0 Å². The third kappa shape index (κ3) is 2.55. The molecule has 4 heterocycles. The molecule has 5 aromatic rings. The Labute approximate surface area is 158 Å². The van der Waals surface area contributed by atoms with Crippen molar-refractivity contribution in [3.63, 3.8) is 0 Å². The van der Waals surface area contributed by atoms with Gasteiger partial charge in [-0.05, 0) is 37.6 Å². The van der Waals surface area contributed by atoms with Crippen LogP contribution in [0, 0.1) is 13.8 Å². The Hall–Kier alpha value is -3.32. The molecule has 4 aromatic heterocycles. The quantitative estimate of drug-likeness (QED) is 0.485.